The van der Waals surface area contributed by atoms with Gasteiger partial charge in [0.1, 0.15) is 6.04 Å². The second-order valence-electron chi connectivity index (χ2n) is 7.50. The number of nitrogens with zero attached hydrogens (tertiary/aromatic N) is 1. The number of nitrogens with one attached hydrogen (secondary N) is 2. The van der Waals surface area contributed by atoms with E-state index < -0.39 is 6.04 Å². The second-order valence-corrected chi connectivity index (χ2v) is 7.50. The van der Waals surface area contributed by atoms with Crippen molar-refractivity contribution in [1.29, 1.82) is 0 Å². The molecule has 3 aromatic carbocycles. The number of likely N-dealkylation sites (N-methyl/N-ethyl adjacent to an activating group) is 1. The molecule has 2 amide bonds. The molecular weight excluding hydrogens is 374 g/mol. The van der Waals surface area contributed by atoms with Crippen LogP contribution in [-0.4, -0.2) is 30.3 Å². The number of benzene rings is 3. The molecule has 1 atom stereocenters. The molecule has 0 saturated carbocycles. The summed E-state index contributed by atoms with van der Waals surface area (Å²) in [5.74, 6) is -0.360. The van der Waals surface area contributed by atoms with Crippen molar-refractivity contribution in [3.63, 3.8) is 0 Å². The molecule has 5 heteroatoms. The summed E-state index contributed by atoms with van der Waals surface area (Å²) in [4.78, 5) is 27.5. The maximum absolute atomic E-state index is 13.1. The SMILES string of the molecule is Cc1ccc(NC(=O)CN(C)[C@@H](C(=O)Nc2ccc(C)cc2)c2ccccc2)cc1. The van der Waals surface area contributed by atoms with Crippen molar-refractivity contribution in [3.05, 3.63) is 95.6 Å². The van der Waals surface area contributed by atoms with Crippen molar-refractivity contribution >= 4 is 23.2 Å². The number of amides is 2. The molecule has 0 aliphatic rings. The minimum atomic E-state index is -0.601. The first kappa shape index (κ1) is 21.3. The molecule has 0 radical (unpaired) electrons. The molecule has 2 N–H and O–H groups in total. The molecule has 0 fully saturated rings. The molecule has 0 unspecified atom stereocenters. The highest BCUT2D eigenvalue weighted by atomic mass is 16.2. The normalized spacial score (nSPS) is 11.7. The molecule has 0 aliphatic heterocycles. The molecule has 0 aliphatic carbocycles. The van der Waals surface area contributed by atoms with E-state index in [0.29, 0.717) is 0 Å². The van der Waals surface area contributed by atoms with Crippen LogP contribution in [0.5, 0.6) is 0 Å². The molecule has 0 bridgehead atoms. The van der Waals surface area contributed by atoms with Gasteiger partial charge in [-0.05, 0) is 50.7 Å². The Hall–Kier alpha value is -3.44. The van der Waals surface area contributed by atoms with Gasteiger partial charge in [-0.3, -0.25) is 14.5 Å². The van der Waals surface area contributed by atoms with Crippen molar-refractivity contribution in [2.75, 3.05) is 24.2 Å². The van der Waals surface area contributed by atoms with Gasteiger partial charge in [-0.25, -0.2) is 0 Å². The van der Waals surface area contributed by atoms with Gasteiger partial charge in [0.2, 0.25) is 11.8 Å². The zero-order valence-corrected chi connectivity index (χ0v) is 17.6. The molecule has 30 heavy (non-hydrogen) atoms. The fourth-order valence-corrected chi connectivity index (χ4v) is 3.24. The van der Waals surface area contributed by atoms with Gasteiger partial charge in [0.05, 0.1) is 6.54 Å². The zero-order valence-electron chi connectivity index (χ0n) is 17.6. The monoisotopic (exact) mass is 401 g/mol. The van der Waals surface area contributed by atoms with Gasteiger partial charge in [0, 0.05) is 11.4 Å². The van der Waals surface area contributed by atoms with Gasteiger partial charge in [0.25, 0.3) is 0 Å². The predicted molar refractivity (Wildman–Crippen MR) is 121 cm³/mol. The Balaban J connectivity index is 1.74. The highest BCUT2D eigenvalue weighted by Gasteiger charge is 2.26. The van der Waals surface area contributed by atoms with Gasteiger partial charge >= 0.3 is 0 Å². The van der Waals surface area contributed by atoms with E-state index in [1.807, 2.05) is 92.7 Å². The molecule has 0 saturated heterocycles. The standard InChI is InChI=1S/C25H27N3O2/c1-18-9-13-21(14-10-18)26-23(29)17-28(3)24(20-7-5-4-6-8-20)25(30)27-22-15-11-19(2)12-16-22/h4-16,24H,17H2,1-3H3,(H,26,29)(H,27,30)/t24-/m1/s1. The van der Waals surface area contributed by atoms with Gasteiger partial charge in [-0.15, -0.1) is 0 Å². The van der Waals surface area contributed by atoms with E-state index in [0.717, 1.165) is 28.1 Å². The summed E-state index contributed by atoms with van der Waals surface area (Å²) in [6, 6.07) is 24.2. The Labute approximate surface area is 177 Å². The van der Waals surface area contributed by atoms with Crippen LogP contribution in [0.3, 0.4) is 0 Å². The lowest BCUT2D eigenvalue weighted by atomic mass is 10.0. The topological polar surface area (TPSA) is 61.4 Å². The van der Waals surface area contributed by atoms with E-state index in [2.05, 4.69) is 10.6 Å². The van der Waals surface area contributed by atoms with Crippen molar-refractivity contribution in [2.45, 2.75) is 19.9 Å². The predicted octanol–water partition coefficient (Wildman–Crippen LogP) is 4.55. The lowest BCUT2D eigenvalue weighted by molar-refractivity contribution is -0.123. The van der Waals surface area contributed by atoms with E-state index in [1.165, 1.54) is 0 Å². The van der Waals surface area contributed by atoms with Crippen LogP contribution in [0.1, 0.15) is 22.7 Å². The van der Waals surface area contributed by atoms with Crippen molar-refractivity contribution in [1.82, 2.24) is 4.90 Å². The third kappa shape index (κ3) is 5.78. The number of anilines is 2. The van der Waals surface area contributed by atoms with Crippen LogP contribution >= 0.6 is 0 Å². The van der Waals surface area contributed by atoms with Crippen LogP contribution in [0.15, 0.2) is 78.9 Å². The molecule has 3 aromatic rings. The summed E-state index contributed by atoms with van der Waals surface area (Å²) in [7, 11) is 1.78. The molecule has 0 heterocycles. The smallest absolute Gasteiger partial charge is 0.246 e. The molecule has 0 spiro atoms. The van der Waals surface area contributed by atoms with E-state index in [4.69, 9.17) is 0 Å². The first-order valence-electron chi connectivity index (χ1n) is 9.91. The number of hydrogen-bond acceptors (Lipinski definition) is 3. The summed E-state index contributed by atoms with van der Waals surface area (Å²) in [6.07, 6.45) is 0. The Kier molecular flexibility index (Phi) is 6.99. The maximum atomic E-state index is 13.1. The minimum Gasteiger partial charge on any atom is -0.325 e. The first-order valence-corrected chi connectivity index (χ1v) is 9.91. The van der Waals surface area contributed by atoms with Crippen molar-refractivity contribution in [2.24, 2.45) is 0 Å². The Morgan fingerprint density at radius 3 is 1.80 bits per heavy atom. The molecule has 0 aromatic heterocycles. The highest BCUT2D eigenvalue weighted by molar-refractivity contribution is 5.97. The third-order valence-corrected chi connectivity index (χ3v) is 4.85. The maximum Gasteiger partial charge on any atom is 0.246 e. The van der Waals surface area contributed by atoms with E-state index in [9.17, 15) is 9.59 Å². The Bertz CT molecular complexity index is 983. The number of hydrogen-bond donors (Lipinski definition) is 2. The van der Waals surface area contributed by atoms with Gasteiger partial charge in [-0.1, -0.05) is 65.7 Å². The lowest BCUT2D eigenvalue weighted by Crippen LogP contribution is -2.39. The Morgan fingerprint density at radius 2 is 1.27 bits per heavy atom. The van der Waals surface area contributed by atoms with Crippen LogP contribution in [-0.2, 0) is 9.59 Å². The van der Waals surface area contributed by atoms with E-state index >= 15 is 0 Å². The minimum absolute atomic E-state index is 0.0781. The van der Waals surface area contributed by atoms with Crippen LogP contribution in [0, 0.1) is 13.8 Å². The third-order valence-electron chi connectivity index (χ3n) is 4.85. The van der Waals surface area contributed by atoms with Crippen LogP contribution in [0.4, 0.5) is 11.4 Å². The van der Waals surface area contributed by atoms with E-state index in [-0.39, 0.29) is 18.4 Å². The number of carbonyl (C=O) groups excluding carboxylic acids is 2. The lowest BCUT2D eigenvalue weighted by Gasteiger charge is -2.27. The van der Waals surface area contributed by atoms with E-state index in [1.54, 1.807) is 11.9 Å². The largest absolute Gasteiger partial charge is 0.325 e. The average molecular weight is 402 g/mol. The fourth-order valence-electron chi connectivity index (χ4n) is 3.24. The molecule has 5 nitrogen and oxygen atoms in total. The van der Waals surface area contributed by atoms with Crippen molar-refractivity contribution in [3.8, 4) is 0 Å². The molecule has 3 rings (SSSR count). The Morgan fingerprint density at radius 1 is 0.767 bits per heavy atom. The summed E-state index contributed by atoms with van der Waals surface area (Å²) in [5, 5.41) is 5.85. The van der Waals surface area contributed by atoms with Gasteiger partial charge < -0.3 is 10.6 Å². The summed E-state index contributed by atoms with van der Waals surface area (Å²) >= 11 is 0. The van der Waals surface area contributed by atoms with Crippen LogP contribution < -0.4 is 10.6 Å². The first-order chi connectivity index (χ1) is 14.4. The fraction of sp³-hybridized carbons (Fsp3) is 0.200. The summed E-state index contributed by atoms with van der Waals surface area (Å²) < 4.78 is 0. The quantitative estimate of drug-likeness (QED) is 0.610. The van der Waals surface area contributed by atoms with Gasteiger partial charge in [-0.2, -0.15) is 0 Å². The van der Waals surface area contributed by atoms with Crippen molar-refractivity contribution < 1.29 is 9.59 Å². The zero-order chi connectivity index (χ0) is 21.5. The number of aryl methyl sites for hydroxylation is 2. The average Bonchev–Trinajstić information content (AvgIpc) is 2.72. The summed E-state index contributed by atoms with van der Waals surface area (Å²) in [5.41, 5.74) is 4.54. The second kappa shape index (κ2) is 9.85. The molecule has 154 valence electrons. The number of rotatable bonds is 7. The molecular formula is C25H27N3O2. The van der Waals surface area contributed by atoms with Crippen LogP contribution in [0.2, 0.25) is 0 Å². The van der Waals surface area contributed by atoms with Crippen LogP contribution in [0.25, 0.3) is 0 Å². The number of carbonyl (C=O) groups is 2. The highest BCUT2D eigenvalue weighted by Crippen LogP contribution is 2.22. The van der Waals surface area contributed by atoms with Gasteiger partial charge in [0.15, 0.2) is 0 Å². The summed E-state index contributed by atoms with van der Waals surface area (Å²) in [6.45, 7) is 4.07.